The van der Waals surface area contributed by atoms with Gasteiger partial charge < -0.3 is 19.5 Å². The van der Waals surface area contributed by atoms with E-state index < -0.39 is 0 Å². The Bertz CT molecular complexity index is 779. The summed E-state index contributed by atoms with van der Waals surface area (Å²) in [5.74, 6) is 0.753. The molecule has 2 rings (SSSR count). The van der Waals surface area contributed by atoms with Gasteiger partial charge in [0.2, 0.25) is 5.91 Å². The van der Waals surface area contributed by atoms with Crippen molar-refractivity contribution < 1.29 is 23.4 Å². The minimum absolute atomic E-state index is 0.0813. The molecule has 0 heterocycles. The number of carbonyl (C=O) groups is 1. The third kappa shape index (κ3) is 6.53. The number of benzene rings is 2. The number of halogens is 1. The van der Waals surface area contributed by atoms with Crippen LogP contribution in [0.4, 0.5) is 4.39 Å². The molecule has 0 aliphatic carbocycles. The van der Waals surface area contributed by atoms with Crippen LogP contribution in [0.1, 0.15) is 32.3 Å². The van der Waals surface area contributed by atoms with Gasteiger partial charge in [0.1, 0.15) is 5.82 Å². The lowest BCUT2D eigenvalue weighted by atomic mass is 9.96. The van der Waals surface area contributed by atoms with E-state index in [2.05, 4.69) is 12.2 Å². The first-order chi connectivity index (χ1) is 13.5. The van der Waals surface area contributed by atoms with Crippen molar-refractivity contribution in [3.63, 3.8) is 0 Å². The van der Waals surface area contributed by atoms with Crippen LogP contribution in [-0.2, 0) is 16.0 Å². The molecule has 152 valence electrons. The molecule has 0 unspecified atom stereocenters. The topological polar surface area (TPSA) is 56.8 Å². The van der Waals surface area contributed by atoms with E-state index in [-0.39, 0.29) is 18.5 Å². The van der Waals surface area contributed by atoms with E-state index in [0.717, 1.165) is 29.5 Å². The van der Waals surface area contributed by atoms with Crippen LogP contribution in [0.15, 0.2) is 36.4 Å². The average molecular weight is 389 g/mol. The van der Waals surface area contributed by atoms with Crippen LogP contribution in [0, 0.1) is 5.82 Å². The van der Waals surface area contributed by atoms with Gasteiger partial charge >= 0.3 is 0 Å². The summed E-state index contributed by atoms with van der Waals surface area (Å²) < 4.78 is 30.4. The van der Waals surface area contributed by atoms with Gasteiger partial charge in [-0.15, -0.1) is 0 Å². The van der Waals surface area contributed by atoms with Gasteiger partial charge in [0.25, 0.3) is 0 Å². The first kappa shape index (κ1) is 21.7. The number of unbranched alkanes of at least 4 members (excludes halogenated alkanes) is 1. The summed E-state index contributed by atoms with van der Waals surface area (Å²) in [6.07, 6.45) is 2.53. The molecular formula is C22H28FNO4. The molecule has 0 spiro atoms. The van der Waals surface area contributed by atoms with E-state index in [0.29, 0.717) is 31.1 Å². The minimum atomic E-state index is -0.312. The summed E-state index contributed by atoms with van der Waals surface area (Å²) >= 11 is 0. The van der Waals surface area contributed by atoms with Gasteiger partial charge in [-0.1, -0.05) is 25.5 Å². The second kappa shape index (κ2) is 11.3. The zero-order valence-electron chi connectivity index (χ0n) is 16.7. The highest BCUT2D eigenvalue weighted by molar-refractivity contribution is 5.73. The molecule has 1 N–H and O–H groups in total. The van der Waals surface area contributed by atoms with Crippen molar-refractivity contribution >= 4 is 5.91 Å². The Balaban J connectivity index is 2.43. The number of hydrogen-bond donors (Lipinski definition) is 1. The summed E-state index contributed by atoms with van der Waals surface area (Å²) in [5, 5.41) is 2.80. The molecule has 6 heteroatoms. The number of methoxy groups -OCH3 is 1. The summed E-state index contributed by atoms with van der Waals surface area (Å²) in [4.78, 5) is 11.2. The van der Waals surface area contributed by atoms with Crippen LogP contribution in [0.25, 0.3) is 11.1 Å². The molecule has 0 fully saturated rings. The monoisotopic (exact) mass is 389 g/mol. The first-order valence-corrected chi connectivity index (χ1v) is 9.47. The zero-order valence-corrected chi connectivity index (χ0v) is 16.7. The van der Waals surface area contributed by atoms with E-state index in [1.807, 2.05) is 18.2 Å². The molecule has 28 heavy (non-hydrogen) atoms. The maximum absolute atomic E-state index is 13.8. The number of hydrogen-bond acceptors (Lipinski definition) is 4. The maximum atomic E-state index is 13.8. The van der Waals surface area contributed by atoms with Crippen molar-refractivity contribution in [3.8, 4) is 22.6 Å². The van der Waals surface area contributed by atoms with Crippen molar-refractivity contribution in [2.75, 3.05) is 27.1 Å². The third-order valence-electron chi connectivity index (χ3n) is 4.16. The number of carbonyl (C=O) groups excluding carboxylic acids is 1. The highest BCUT2D eigenvalue weighted by Gasteiger charge is 2.15. The lowest BCUT2D eigenvalue weighted by Crippen LogP contribution is -2.22. The Labute approximate surface area is 165 Å². The molecule has 0 aromatic heterocycles. The van der Waals surface area contributed by atoms with E-state index in [1.54, 1.807) is 13.2 Å². The molecule has 2 aromatic rings. The average Bonchev–Trinajstić information content (AvgIpc) is 2.67. The quantitative estimate of drug-likeness (QED) is 0.459. The Kier molecular flexibility index (Phi) is 8.75. The second-order valence-corrected chi connectivity index (χ2v) is 6.45. The summed E-state index contributed by atoms with van der Waals surface area (Å²) in [5.41, 5.74) is 2.51. The van der Waals surface area contributed by atoms with Crippen LogP contribution >= 0.6 is 0 Å². The lowest BCUT2D eigenvalue weighted by Gasteiger charge is -2.18. The molecule has 1 amide bonds. The smallest absolute Gasteiger partial charge is 0.216 e. The molecule has 0 saturated carbocycles. The summed E-state index contributed by atoms with van der Waals surface area (Å²) in [6.45, 7) is 4.71. The largest absolute Gasteiger partial charge is 0.490 e. The van der Waals surface area contributed by atoms with Crippen LogP contribution in [0.5, 0.6) is 11.5 Å². The van der Waals surface area contributed by atoms with Crippen LogP contribution in [0.3, 0.4) is 0 Å². The fourth-order valence-corrected chi connectivity index (χ4v) is 2.78. The van der Waals surface area contributed by atoms with Crippen LogP contribution < -0.4 is 14.8 Å². The number of nitrogens with one attached hydrogen (secondary N) is 1. The molecule has 0 radical (unpaired) electrons. The van der Waals surface area contributed by atoms with Gasteiger partial charge in [-0.3, -0.25) is 4.79 Å². The summed E-state index contributed by atoms with van der Waals surface area (Å²) in [6, 6.07) is 10.2. The molecule has 5 nitrogen and oxygen atoms in total. The molecule has 2 aromatic carbocycles. The third-order valence-corrected chi connectivity index (χ3v) is 4.16. The van der Waals surface area contributed by atoms with Gasteiger partial charge in [-0.05, 0) is 53.8 Å². The minimum Gasteiger partial charge on any atom is -0.490 e. The molecule has 0 saturated heterocycles. The van der Waals surface area contributed by atoms with E-state index in [9.17, 15) is 9.18 Å². The van der Waals surface area contributed by atoms with Gasteiger partial charge in [-0.2, -0.15) is 0 Å². The first-order valence-electron chi connectivity index (χ1n) is 9.47. The molecule has 0 bridgehead atoms. The van der Waals surface area contributed by atoms with E-state index >= 15 is 0 Å². The van der Waals surface area contributed by atoms with Gasteiger partial charge in [0, 0.05) is 20.6 Å². The molecule has 0 atom stereocenters. The fraction of sp³-hybridized carbons (Fsp3) is 0.409. The van der Waals surface area contributed by atoms with Gasteiger partial charge in [0.05, 0.1) is 6.61 Å². The van der Waals surface area contributed by atoms with Crippen LogP contribution in [-0.4, -0.2) is 33.0 Å². The van der Waals surface area contributed by atoms with Crippen molar-refractivity contribution in [2.45, 2.75) is 33.1 Å². The summed E-state index contributed by atoms with van der Waals surface area (Å²) in [7, 11) is 1.55. The van der Waals surface area contributed by atoms with Gasteiger partial charge in [0.15, 0.2) is 18.3 Å². The normalized spacial score (nSPS) is 10.6. The Morgan fingerprint density at radius 2 is 1.93 bits per heavy atom. The van der Waals surface area contributed by atoms with Crippen molar-refractivity contribution in [1.29, 1.82) is 0 Å². The Morgan fingerprint density at radius 1 is 1.14 bits per heavy atom. The molecule has 0 aliphatic rings. The number of amides is 1. The van der Waals surface area contributed by atoms with Crippen molar-refractivity contribution in [3.05, 3.63) is 47.8 Å². The number of ether oxygens (including phenoxy) is 3. The van der Waals surface area contributed by atoms with Gasteiger partial charge in [-0.25, -0.2) is 4.39 Å². The standard InChI is InChI=1S/C22H28FNO4/c1-4-5-11-27-21-13-18(9-10-24-16(2)25)20(14-22(21)28-15-26-3)17-7-6-8-19(23)12-17/h6-8,12-14H,4-5,9-11,15H2,1-3H3,(H,24,25). The maximum Gasteiger partial charge on any atom is 0.216 e. The fourth-order valence-electron chi connectivity index (χ4n) is 2.78. The lowest BCUT2D eigenvalue weighted by molar-refractivity contribution is -0.118. The Morgan fingerprint density at radius 3 is 2.61 bits per heavy atom. The zero-order chi connectivity index (χ0) is 20.4. The number of rotatable bonds is 11. The highest BCUT2D eigenvalue weighted by Crippen LogP contribution is 2.37. The van der Waals surface area contributed by atoms with E-state index in [1.165, 1.54) is 19.1 Å². The van der Waals surface area contributed by atoms with Crippen molar-refractivity contribution in [2.24, 2.45) is 0 Å². The van der Waals surface area contributed by atoms with Crippen molar-refractivity contribution in [1.82, 2.24) is 5.32 Å². The van der Waals surface area contributed by atoms with Crippen LogP contribution in [0.2, 0.25) is 0 Å². The molecular weight excluding hydrogens is 361 g/mol. The van der Waals surface area contributed by atoms with E-state index in [4.69, 9.17) is 14.2 Å². The SMILES string of the molecule is CCCCOc1cc(CCNC(C)=O)c(-c2cccc(F)c2)cc1OCOC. The Hall–Kier alpha value is -2.60. The molecule has 0 aliphatic heterocycles. The second-order valence-electron chi connectivity index (χ2n) is 6.45. The predicted octanol–water partition coefficient (Wildman–Crippen LogP) is 4.33. The highest BCUT2D eigenvalue weighted by atomic mass is 19.1. The predicted molar refractivity (Wildman–Crippen MR) is 107 cm³/mol.